The van der Waals surface area contributed by atoms with Crippen molar-refractivity contribution in [2.24, 2.45) is 5.92 Å². The van der Waals surface area contributed by atoms with E-state index in [2.05, 4.69) is 16.9 Å². The molecule has 1 amide bonds. The number of thioether (sulfide) groups is 1. The molecule has 1 aromatic rings. The summed E-state index contributed by atoms with van der Waals surface area (Å²) in [4.78, 5) is 24.0. The first kappa shape index (κ1) is 12.6. The Bertz CT molecular complexity index is 584. The minimum atomic E-state index is -0.255. The minimum Gasteiger partial charge on any atom is -0.292 e. The lowest BCUT2D eigenvalue weighted by Gasteiger charge is -2.28. The van der Waals surface area contributed by atoms with E-state index in [1.54, 1.807) is 11.8 Å². The largest absolute Gasteiger partial charge is 0.292 e. The maximum absolute atomic E-state index is 12.9. The Morgan fingerprint density at radius 3 is 2.80 bits per heavy atom. The van der Waals surface area contributed by atoms with Crippen molar-refractivity contribution in [2.45, 2.75) is 55.6 Å². The third kappa shape index (κ3) is 1.53. The number of anilines is 1. The van der Waals surface area contributed by atoms with Crippen LogP contribution in [0.4, 0.5) is 5.82 Å². The van der Waals surface area contributed by atoms with Crippen LogP contribution in [-0.2, 0) is 10.2 Å². The third-order valence-corrected chi connectivity index (χ3v) is 5.76. The quantitative estimate of drug-likeness (QED) is 0.620. The van der Waals surface area contributed by atoms with Crippen LogP contribution in [0.3, 0.4) is 0 Å². The van der Waals surface area contributed by atoms with Gasteiger partial charge in [0.25, 0.3) is 0 Å². The Balaban J connectivity index is 1.83. The van der Waals surface area contributed by atoms with Crippen LogP contribution in [-0.4, -0.2) is 28.2 Å². The molecule has 0 aromatic carbocycles. The van der Waals surface area contributed by atoms with Gasteiger partial charge in [-0.3, -0.25) is 9.69 Å². The highest BCUT2D eigenvalue weighted by atomic mass is 32.2. The SMILES string of the molecule is CSc1ncc2c(n1)N(C1CCCC1C)C(=O)C21CC1. The van der Waals surface area contributed by atoms with E-state index in [1.807, 2.05) is 17.4 Å². The molecule has 2 aliphatic carbocycles. The van der Waals surface area contributed by atoms with Crippen molar-refractivity contribution in [2.75, 3.05) is 11.2 Å². The van der Waals surface area contributed by atoms with Crippen LogP contribution in [0.5, 0.6) is 0 Å². The number of nitrogens with zero attached hydrogens (tertiary/aromatic N) is 3. The van der Waals surface area contributed by atoms with Crippen molar-refractivity contribution < 1.29 is 4.79 Å². The number of aromatic nitrogens is 2. The average molecular weight is 289 g/mol. The number of carbonyl (C=O) groups is 1. The normalized spacial score (nSPS) is 30.1. The van der Waals surface area contributed by atoms with E-state index in [0.29, 0.717) is 17.9 Å². The number of hydrogen-bond acceptors (Lipinski definition) is 4. The highest BCUT2D eigenvalue weighted by molar-refractivity contribution is 7.98. The first-order valence-corrected chi connectivity index (χ1v) is 8.65. The molecule has 2 saturated carbocycles. The van der Waals surface area contributed by atoms with Crippen LogP contribution in [0.15, 0.2) is 11.4 Å². The van der Waals surface area contributed by atoms with Gasteiger partial charge in [0.1, 0.15) is 5.82 Å². The zero-order valence-electron chi connectivity index (χ0n) is 11.9. The van der Waals surface area contributed by atoms with Crippen molar-refractivity contribution in [1.29, 1.82) is 0 Å². The molecule has 2 atom stereocenters. The molecule has 3 aliphatic rings. The molecular weight excluding hydrogens is 270 g/mol. The number of fused-ring (bicyclic) bond motifs is 2. The van der Waals surface area contributed by atoms with Gasteiger partial charge in [0, 0.05) is 17.8 Å². The van der Waals surface area contributed by atoms with Gasteiger partial charge in [0.05, 0.1) is 5.41 Å². The summed E-state index contributed by atoms with van der Waals surface area (Å²) >= 11 is 1.54. The molecule has 2 heterocycles. The predicted molar refractivity (Wildman–Crippen MR) is 79.0 cm³/mol. The Morgan fingerprint density at radius 2 is 2.20 bits per heavy atom. The van der Waals surface area contributed by atoms with Crippen molar-refractivity contribution in [3.8, 4) is 0 Å². The Labute approximate surface area is 123 Å². The zero-order valence-corrected chi connectivity index (χ0v) is 12.7. The van der Waals surface area contributed by atoms with Crippen LogP contribution < -0.4 is 4.90 Å². The molecule has 1 aromatic heterocycles. The maximum atomic E-state index is 12.9. The summed E-state index contributed by atoms with van der Waals surface area (Å²) in [6.07, 6.45) is 9.38. The van der Waals surface area contributed by atoms with E-state index in [-0.39, 0.29) is 5.41 Å². The summed E-state index contributed by atoms with van der Waals surface area (Å²) in [5.74, 6) is 1.78. The molecule has 0 bridgehead atoms. The fourth-order valence-electron chi connectivity index (χ4n) is 3.84. The molecule has 4 nitrogen and oxygen atoms in total. The number of rotatable bonds is 2. The van der Waals surface area contributed by atoms with Gasteiger partial charge < -0.3 is 0 Å². The molecule has 2 unspecified atom stereocenters. The van der Waals surface area contributed by atoms with Gasteiger partial charge in [-0.1, -0.05) is 25.1 Å². The van der Waals surface area contributed by atoms with Gasteiger partial charge in [0.2, 0.25) is 5.91 Å². The summed E-state index contributed by atoms with van der Waals surface area (Å²) < 4.78 is 0. The smallest absolute Gasteiger partial charge is 0.239 e. The van der Waals surface area contributed by atoms with E-state index in [4.69, 9.17) is 0 Å². The fourth-order valence-corrected chi connectivity index (χ4v) is 4.18. The highest BCUT2D eigenvalue weighted by Crippen LogP contribution is 2.58. The summed E-state index contributed by atoms with van der Waals surface area (Å²) in [7, 11) is 0. The molecule has 0 radical (unpaired) electrons. The number of carbonyl (C=O) groups excluding carboxylic acids is 1. The van der Waals surface area contributed by atoms with Crippen LogP contribution in [0.2, 0.25) is 0 Å². The minimum absolute atomic E-state index is 0.255. The monoisotopic (exact) mass is 289 g/mol. The summed E-state index contributed by atoms with van der Waals surface area (Å²) in [6, 6.07) is 0.339. The molecule has 5 heteroatoms. The molecule has 4 rings (SSSR count). The van der Waals surface area contributed by atoms with Gasteiger partial charge in [-0.2, -0.15) is 0 Å². The lowest BCUT2D eigenvalue weighted by molar-refractivity contribution is -0.120. The van der Waals surface area contributed by atoms with Crippen LogP contribution in [0.25, 0.3) is 0 Å². The summed E-state index contributed by atoms with van der Waals surface area (Å²) in [5, 5.41) is 0.768. The fraction of sp³-hybridized carbons (Fsp3) is 0.667. The second-order valence-electron chi connectivity index (χ2n) is 6.33. The van der Waals surface area contributed by atoms with Gasteiger partial charge in [-0.05, 0) is 37.9 Å². The zero-order chi connectivity index (χ0) is 13.9. The average Bonchev–Trinajstić information content (AvgIpc) is 3.11. The van der Waals surface area contributed by atoms with Crippen molar-refractivity contribution in [1.82, 2.24) is 9.97 Å². The number of amides is 1. The standard InChI is InChI=1S/C15H19N3OS/c1-9-4-3-5-11(9)18-12-10(8-16-14(17-12)20-2)15(6-7-15)13(18)19/h8-9,11H,3-7H2,1-2H3. The lowest BCUT2D eigenvalue weighted by atomic mass is 10.0. The van der Waals surface area contributed by atoms with Crippen molar-refractivity contribution in [3.05, 3.63) is 11.8 Å². The molecular formula is C15H19N3OS. The summed E-state index contributed by atoms with van der Waals surface area (Å²) in [5.41, 5.74) is 0.827. The molecule has 2 fully saturated rings. The van der Waals surface area contributed by atoms with E-state index in [0.717, 1.165) is 35.8 Å². The third-order valence-electron chi connectivity index (χ3n) is 5.20. The van der Waals surface area contributed by atoms with Gasteiger partial charge in [-0.15, -0.1) is 0 Å². The van der Waals surface area contributed by atoms with E-state index >= 15 is 0 Å². The predicted octanol–water partition coefficient (Wildman–Crippen LogP) is 2.77. The Hall–Kier alpha value is -1.10. The van der Waals surface area contributed by atoms with E-state index in [9.17, 15) is 4.79 Å². The van der Waals surface area contributed by atoms with Gasteiger partial charge >= 0.3 is 0 Å². The van der Waals surface area contributed by atoms with Gasteiger partial charge in [0.15, 0.2) is 5.16 Å². The number of hydrogen-bond donors (Lipinski definition) is 0. The van der Waals surface area contributed by atoms with E-state index < -0.39 is 0 Å². The second-order valence-corrected chi connectivity index (χ2v) is 7.10. The molecule has 0 N–H and O–H groups in total. The summed E-state index contributed by atoms with van der Waals surface area (Å²) in [6.45, 7) is 2.26. The van der Waals surface area contributed by atoms with E-state index in [1.165, 1.54) is 12.8 Å². The highest BCUT2D eigenvalue weighted by Gasteiger charge is 2.61. The molecule has 1 spiro atoms. The van der Waals surface area contributed by atoms with Crippen molar-refractivity contribution in [3.63, 3.8) is 0 Å². The lowest BCUT2D eigenvalue weighted by Crippen LogP contribution is -2.42. The van der Waals surface area contributed by atoms with Crippen LogP contribution in [0.1, 0.15) is 44.6 Å². The van der Waals surface area contributed by atoms with Crippen molar-refractivity contribution >= 4 is 23.5 Å². The van der Waals surface area contributed by atoms with Crippen LogP contribution >= 0.6 is 11.8 Å². The molecule has 20 heavy (non-hydrogen) atoms. The molecule has 106 valence electrons. The molecule has 1 aliphatic heterocycles. The second kappa shape index (κ2) is 4.20. The maximum Gasteiger partial charge on any atom is 0.239 e. The topological polar surface area (TPSA) is 46.1 Å². The van der Waals surface area contributed by atoms with Crippen LogP contribution in [0, 0.1) is 5.92 Å². The first-order chi connectivity index (χ1) is 9.67. The first-order valence-electron chi connectivity index (χ1n) is 7.42. The van der Waals surface area contributed by atoms with Gasteiger partial charge in [-0.25, -0.2) is 9.97 Å². The Morgan fingerprint density at radius 1 is 1.40 bits per heavy atom. The Kier molecular flexibility index (Phi) is 2.65. The molecule has 0 saturated heterocycles.